The lowest BCUT2D eigenvalue weighted by atomic mass is 10.1. The van der Waals surface area contributed by atoms with Gasteiger partial charge in [-0.25, -0.2) is 0 Å². The van der Waals surface area contributed by atoms with Gasteiger partial charge in [-0.1, -0.05) is 13.8 Å². The Morgan fingerprint density at radius 1 is 1.40 bits per heavy atom. The highest BCUT2D eigenvalue weighted by Crippen LogP contribution is 2.45. The van der Waals surface area contributed by atoms with E-state index in [1.807, 2.05) is 6.92 Å². The fourth-order valence-electron chi connectivity index (χ4n) is 1.98. The molecule has 1 heterocycles. The van der Waals surface area contributed by atoms with E-state index in [1.165, 1.54) is 6.42 Å². The van der Waals surface area contributed by atoms with Crippen LogP contribution < -0.4 is 5.32 Å². The largest absolute Gasteiger partial charge is 0.305 e. The van der Waals surface area contributed by atoms with Crippen molar-refractivity contribution < 1.29 is 0 Å². The molecule has 2 atom stereocenters. The van der Waals surface area contributed by atoms with Crippen LogP contribution in [0.15, 0.2) is 12.4 Å². The summed E-state index contributed by atoms with van der Waals surface area (Å²) in [5, 5.41) is 3.60. The predicted molar refractivity (Wildman–Crippen MR) is 60.5 cm³/mol. The van der Waals surface area contributed by atoms with E-state index in [4.69, 9.17) is 0 Å². The van der Waals surface area contributed by atoms with Crippen LogP contribution in [0.25, 0.3) is 0 Å². The first-order chi connectivity index (χ1) is 7.00. The summed E-state index contributed by atoms with van der Waals surface area (Å²) >= 11 is 0. The first-order valence-electron chi connectivity index (χ1n) is 5.54. The van der Waals surface area contributed by atoms with Crippen LogP contribution in [0.4, 0.5) is 0 Å². The van der Waals surface area contributed by atoms with Gasteiger partial charge in [0, 0.05) is 24.5 Å². The maximum absolute atomic E-state index is 4.38. The summed E-state index contributed by atoms with van der Waals surface area (Å²) in [7, 11) is 0. The van der Waals surface area contributed by atoms with Crippen LogP contribution in [0.1, 0.15) is 44.6 Å². The van der Waals surface area contributed by atoms with Crippen LogP contribution in [-0.2, 0) is 0 Å². The van der Waals surface area contributed by atoms with Crippen molar-refractivity contribution in [3.05, 3.63) is 23.8 Å². The maximum atomic E-state index is 4.38. The summed E-state index contributed by atoms with van der Waals surface area (Å²) < 4.78 is 0. The van der Waals surface area contributed by atoms with Crippen molar-refractivity contribution in [3.63, 3.8) is 0 Å². The summed E-state index contributed by atoms with van der Waals surface area (Å²) in [5.41, 5.74) is 2.56. The monoisotopic (exact) mass is 205 g/mol. The Morgan fingerprint density at radius 2 is 2.00 bits per heavy atom. The molecule has 0 bridgehead atoms. The lowest BCUT2D eigenvalue weighted by Gasteiger charge is -2.15. The van der Waals surface area contributed by atoms with E-state index in [1.54, 1.807) is 12.4 Å². The van der Waals surface area contributed by atoms with Crippen LogP contribution in [-0.4, -0.2) is 16.0 Å². The van der Waals surface area contributed by atoms with Crippen LogP contribution in [0, 0.1) is 12.3 Å². The number of nitrogens with zero attached hydrogens (tertiary/aromatic N) is 2. The number of aromatic nitrogens is 2. The SMILES string of the molecule is Cc1nccnc1C(C)NC1CC1(C)C. The number of nitrogens with one attached hydrogen (secondary N) is 1. The Morgan fingerprint density at radius 3 is 2.53 bits per heavy atom. The van der Waals surface area contributed by atoms with Gasteiger partial charge in [0.15, 0.2) is 0 Å². The number of rotatable bonds is 3. The fourth-order valence-corrected chi connectivity index (χ4v) is 1.98. The normalized spacial score (nSPS) is 24.9. The molecule has 2 rings (SSSR count). The molecular weight excluding hydrogens is 186 g/mol. The highest BCUT2D eigenvalue weighted by molar-refractivity contribution is 5.14. The minimum absolute atomic E-state index is 0.297. The maximum Gasteiger partial charge on any atom is 0.0782 e. The highest BCUT2D eigenvalue weighted by Gasteiger charge is 2.46. The van der Waals surface area contributed by atoms with Gasteiger partial charge >= 0.3 is 0 Å². The molecule has 0 aromatic carbocycles. The molecule has 1 aromatic rings. The average molecular weight is 205 g/mol. The van der Waals surface area contributed by atoms with Crippen molar-refractivity contribution in [3.8, 4) is 0 Å². The van der Waals surface area contributed by atoms with Gasteiger partial charge in [-0.3, -0.25) is 9.97 Å². The number of hydrogen-bond donors (Lipinski definition) is 1. The summed E-state index contributed by atoms with van der Waals surface area (Å²) in [4.78, 5) is 8.64. The second-order valence-electron chi connectivity index (χ2n) is 5.16. The predicted octanol–water partition coefficient (Wildman–Crippen LogP) is 2.23. The second kappa shape index (κ2) is 3.56. The zero-order valence-electron chi connectivity index (χ0n) is 9.91. The van der Waals surface area contributed by atoms with Crippen LogP contribution >= 0.6 is 0 Å². The molecule has 3 heteroatoms. The molecule has 0 aliphatic heterocycles. The van der Waals surface area contributed by atoms with Crippen molar-refractivity contribution >= 4 is 0 Å². The van der Waals surface area contributed by atoms with E-state index in [9.17, 15) is 0 Å². The first kappa shape index (κ1) is 10.6. The smallest absolute Gasteiger partial charge is 0.0782 e. The van der Waals surface area contributed by atoms with E-state index < -0.39 is 0 Å². The van der Waals surface area contributed by atoms with Crippen molar-refractivity contribution in [2.24, 2.45) is 5.41 Å². The third-order valence-electron chi connectivity index (χ3n) is 3.29. The lowest BCUT2D eigenvalue weighted by Crippen LogP contribution is -2.25. The second-order valence-corrected chi connectivity index (χ2v) is 5.16. The third kappa shape index (κ3) is 2.17. The van der Waals surface area contributed by atoms with E-state index in [2.05, 4.69) is 36.1 Å². The third-order valence-corrected chi connectivity index (χ3v) is 3.29. The zero-order valence-corrected chi connectivity index (χ0v) is 9.91. The average Bonchev–Trinajstić information content (AvgIpc) is 2.74. The van der Waals surface area contributed by atoms with Crippen LogP contribution in [0.2, 0.25) is 0 Å². The molecule has 1 saturated carbocycles. The topological polar surface area (TPSA) is 37.8 Å². The Hall–Kier alpha value is -0.960. The molecule has 1 aliphatic carbocycles. The van der Waals surface area contributed by atoms with Gasteiger partial charge in [0.05, 0.1) is 11.4 Å². The first-order valence-corrected chi connectivity index (χ1v) is 5.54. The van der Waals surface area contributed by atoms with Gasteiger partial charge in [0.25, 0.3) is 0 Å². The molecular formula is C12H19N3. The van der Waals surface area contributed by atoms with Crippen molar-refractivity contribution in [2.75, 3.05) is 0 Å². The van der Waals surface area contributed by atoms with E-state index >= 15 is 0 Å². The molecule has 2 unspecified atom stereocenters. The van der Waals surface area contributed by atoms with Gasteiger partial charge in [-0.2, -0.15) is 0 Å². The molecule has 0 saturated heterocycles. The van der Waals surface area contributed by atoms with E-state index in [0.717, 1.165) is 11.4 Å². The summed E-state index contributed by atoms with van der Waals surface area (Å²) in [5.74, 6) is 0. The Balaban J connectivity index is 2.03. The van der Waals surface area contributed by atoms with E-state index in [-0.39, 0.29) is 0 Å². The number of hydrogen-bond acceptors (Lipinski definition) is 3. The highest BCUT2D eigenvalue weighted by atomic mass is 15.0. The van der Waals surface area contributed by atoms with Gasteiger partial charge < -0.3 is 5.32 Å². The molecule has 0 radical (unpaired) electrons. The van der Waals surface area contributed by atoms with Crippen molar-refractivity contribution in [2.45, 2.75) is 46.2 Å². The molecule has 0 spiro atoms. The molecule has 82 valence electrons. The van der Waals surface area contributed by atoms with Gasteiger partial charge in [-0.15, -0.1) is 0 Å². The summed E-state index contributed by atoms with van der Waals surface area (Å²) in [6.45, 7) is 8.76. The van der Waals surface area contributed by atoms with Crippen molar-refractivity contribution in [1.82, 2.24) is 15.3 Å². The zero-order chi connectivity index (χ0) is 11.1. The molecule has 1 aliphatic rings. The molecule has 1 aromatic heterocycles. The van der Waals surface area contributed by atoms with Crippen LogP contribution in [0.3, 0.4) is 0 Å². The van der Waals surface area contributed by atoms with E-state index in [0.29, 0.717) is 17.5 Å². The van der Waals surface area contributed by atoms with Gasteiger partial charge in [-0.05, 0) is 25.7 Å². The molecule has 15 heavy (non-hydrogen) atoms. The summed E-state index contributed by atoms with van der Waals surface area (Å²) in [6.07, 6.45) is 4.77. The molecule has 3 nitrogen and oxygen atoms in total. The van der Waals surface area contributed by atoms with Gasteiger partial charge in [0.2, 0.25) is 0 Å². The minimum Gasteiger partial charge on any atom is -0.305 e. The summed E-state index contributed by atoms with van der Waals surface area (Å²) in [6, 6.07) is 0.930. The Bertz CT molecular complexity index is 360. The number of aryl methyl sites for hydroxylation is 1. The lowest BCUT2D eigenvalue weighted by molar-refractivity contribution is 0.483. The standard InChI is InChI=1S/C12H19N3/c1-8-11(14-6-5-13-8)9(2)15-10-7-12(10,3)4/h5-6,9-10,15H,7H2,1-4H3. The molecule has 0 amide bonds. The Kier molecular flexibility index (Phi) is 2.51. The van der Waals surface area contributed by atoms with Crippen LogP contribution in [0.5, 0.6) is 0 Å². The quantitative estimate of drug-likeness (QED) is 0.822. The molecule has 1 N–H and O–H groups in total. The van der Waals surface area contributed by atoms with Crippen molar-refractivity contribution in [1.29, 1.82) is 0 Å². The molecule has 1 fully saturated rings. The minimum atomic E-state index is 0.297. The Labute approximate surface area is 91.3 Å². The van der Waals surface area contributed by atoms with Gasteiger partial charge in [0.1, 0.15) is 0 Å². The fraction of sp³-hybridized carbons (Fsp3) is 0.667.